The number of methoxy groups -OCH3 is 1. The number of fused-ring (bicyclic) bond motifs is 1. The van der Waals surface area contributed by atoms with Crippen molar-refractivity contribution in [3.63, 3.8) is 0 Å². The van der Waals surface area contributed by atoms with Crippen LogP contribution in [0.5, 0.6) is 5.75 Å². The first-order chi connectivity index (χ1) is 12.7. The Kier molecular flexibility index (Phi) is 4.10. The number of hydrogen-bond acceptors (Lipinski definition) is 5. The fraction of sp³-hybridized carbons (Fsp3) is 0.0556. The number of nitrogens with one attached hydrogen (secondary N) is 1. The summed E-state index contributed by atoms with van der Waals surface area (Å²) in [6, 6.07) is 12.9. The largest absolute Gasteiger partial charge is 0.496 e. The third-order valence-electron chi connectivity index (χ3n) is 3.80. The number of amides is 1. The van der Waals surface area contributed by atoms with Crippen molar-refractivity contribution in [1.29, 1.82) is 0 Å². The average Bonchev–Trinajstić information content (AvgIpc) is 3.22. The second kappa shape index (κ2) is 6.57. The average molecular weight is 368 g/mol. The number of ether oxygens (including phenoxy) is 1. The van der Waals surface area contributed by atoms with Gasteiger partial charge in [-0.1, -0.05) is 12.1 Å². The van der Waals surface area contributed by atoms with Gasteiger partial charge in [-0.2, -0.15) is 4.98 Å². The molecule has 130 valence electrons. The fourth-order valence-corrected chi connectivity index (χ4v) is 3.37. The molecule has 6 nitrogen and oxygen atoms in total. The minimum absolute atomic E-state index is 0.183. The summed E-state index contributed by atoms with van der Waals surface area (Å²) in [6.07, 6.45) is 0. The number of carbonyl (C=O) groups excluding carboxylic acids is 1. The summed E-state index contributed by atoms with van der Waals surface area (Å²) >= 11 is 1.41. The smallest absolute Gasteiger partial charge is 0.258 e. The van der Waals surface area contributed by atoms with Gasteiger partial charge in [0.1, 0.15) is 11.6 Å². The number of thiazole rings is 1. The SMILES string of the molecule is COc1ccccc1-c1csc2nc(NC(=O)c3ccc(F)cc3)nn12. The molecule has 0 unspecified atom stereocenters. The molecule has 0 aliphatic carbocycles. The molecule has 0 spiro atoms. The number of carbonyl (C=O) groups is 1. The molecule has 2 heterocycles. The van der Waals surface area contributed by atoms with Crippen LogP contribution in [0.4, 0.5) is 10.3 Å². The summed E-state index contributed by atoms with van der Waals surface area (Å²) in [5.74, 6) is 0.104. The van der Waals surface area contributed by atoms with Gasteiger partial charge in [0, 0.05) is 16.5 Å². The zero-order valence-corrected chi connectivity index (χ0v) is 14.5. The first-order valence-corrected chi connectivity index (χ1v) is 8.58. The van der Waals surface area contributed by atoms with Crippen LogP contribution >= 0.6 is 11.3 Å². The molecule has 0 aliphatic rings. The van der Waals surface area contributed by atoms with E-state index in [2.05, 4.69) is 15.4 Å². The summed E-state index contributed by atoms with van der Waals surface area (Å²) in [6.45, 7) is 0. The number of hydrogen-bond donors (Lipinski definition) is 1. The highest BCUT2D eigenvalue weighted by atomic mass is 32.1. The van der Waals surface area contributed by atoms with Crippen molar-refractivity contribution in [2.24, 2.45) is 0 Å². The highest BCUT2D eigenvalue weighted by Crippen LogP contribution is 2.32. The van der Waals surface area contributed by atoms with Gasteiger partial charge in [-0.15, -0.1) is 16.4 Å². The van der Waals surface area contributed by atoms with Crippen molar-refractivity contribution in [2.45, 2.75) is 0 Å². The van der Waals surface area contributed by atoms with Crippen LogP contribution in [0.1, 0.15) is 10.4 Å². The lowest BCUT2D eigenvalue weighted by Crippen LogP contribution is -2.13. The lowest BCUT2D eigenvalue weighted by Gasteiger charge is -2.06. The molecule has 0 aliphatic heterocycles. The lowest BCUT2D eigenvalue weighted by atomic mass is 10.1. The molecule has 4 aromatic rings. The van der Waals surface area contributed by atoms with E-state index in [1.54, 1.807) is 11.6 Å². The third-order valence-corrected chi connectivity index (χ3v) is 4.61. The Morgan fingerprint density at radius 3 is 2.73 bits per heavy atom. The van der Waals surface area contributed by atoms with Gasteiger partial charge in [0.15, 0.2) is 0 Å². The molecule has 1 N–H and O–H groups in total. The van der Waals surface area contributed by atoms with Crippen molar-refractivity contribution in [3.8, 4) is 17.0 Å². The Balaban J connectivity index is 1.66. The molecule has 0 atom stereocenters. The summed E-state index contributed by atoms with van der Waals surface area (Å²) in [5.41, 5.74) is 2.02. The maximum atomic E-state index is 13.0. The number of halogens is 1. The molecule has 0 bridgehead atoms. The van der Waals surface area contributed by atoms with Crippen LogP contribution in [0.3, 0.4) is 0 Å². The molecule has 0 saturated carbocycles. The molecule has 0 saturated heterocycles. The van der Waals surface area contributed by atoms with Crippen LogP contribution in [-0.4, -0.2) is 27.6 Å². The molecule has 8 heteroatoms. The van der Waals surface area contributed by atoms with E-state index >= 15 is 0 Å². The summed E-state index contributed by atoms with van der Waals surface area (Å²) < 4.78 is 20.0. The molecule has 1 amide bonds. The minimum Gasteiger partial charge on any atom is -0.496 e. The van der Waals surface area contributed by atoms with Crippen molar-refractivity contribution in [3.05, 3.63) is 65.3 Å². The van der Waals surface area contributed by atoms with Gasteiger partial charge < -0.3 is 4.74 Å². The van der Waals surface area contributed by atoms with Crippen LogP contribution in [0.25, 0.3) is 16.2 Å². The molecule has 2 aromatic carbocycles. The van der Waals surface area contributed by atoms with Crippen molar-refractivity contribution in [1.82, 2.24) is 14.6 Å². The van der Waals surface area contributed by atoms with E-state index in [1.807, 2.05) is 29.6 Å². The van der Waals surface area contributed by atoms with Crippen molar-refractivity contribution < 1.29 is 13.9 Å². The number of benzene rings is 2. The first kappa shape index (κ1) is 16.2. The Morgan fingerprint density at radius 2 is 1.96 bits per heavy atom. The molecule has 2 aromatic heterocycles. The second-order valence-corrected chi connectivity index (χ2v) is 6.25. The van der Waals surface area contributed by atoms with Crippen LogP contribution in [0.2, 0.25) is 0 Å². The topological polar surface area (TPSA) is 68.5 Å². The van der Waals surface area contributed by atoms with E-state index in [4.69, 9.17) is 4.74 Å². The maximum absolute atomic E-state index is 13.0. The van der Waals surface area contributed by atoms with Gasteiger partial charge in [-0.3, -0.25) is 10.1 Å². The lowest BCUT2D eigenvalue weighted by molar-refractivity contribution is 0.102. The van der Waals surface area contributed by atoms with Crippen molar-refractivity contribution >= 4 is 28.2 Å². The molecule has 26 heavy (non-hydrogen) atoms. The van der Waals surface area contributed by atoms with E-state index in [9.17, 15) is 9.18 Å². The van der Waals surface area contributed by atoms with E-state index < -0.39 is 11.7 Å². The summed E-state index contributed by atoms with van der Waals surface area (Å²) in [4.78, 5) is 17.2. The van der Waals surface area contributed by atoms with Crippen LogP contribution in [0.15, 0.2) is 53.9 Å². The number of anilines is 1. The molecular weight excluding hydrogens is 355 g/mol. The maximum Gasteiger partial charge on any atom is 0.258 e. The highest BCUT2D eigenvalue weighted by Gasteiger charge is 2.16. The minimum atomic E-state index is -0.401. The van der Waals surface area contributed by atoms with Gasteiger partial charge in [0.05, 0.1) is 12.8 Å². The quantitative estimate of drug-likeness (QED) is 0.594. The number of nitrogens with zero attached hydrogens (tertiary/aromatic N) is 3. The Bertz CT molecular complexity index is 1090. The third kappa shape index (κ3) is 2.91. The first-order valence-electron chi connectivity index (χ1n) is 7.70. The normalized spacial score (nSPS) is 10.8. The van der Waals surface area contributed by atoms with Crippen LogP contribution in [-0.2, 0) is 0 Å². The predicted octanol–water partition coefficient (Wildman–Crippen LogP) is 3.86. The van der Waals surface area contributed by atoms with E-state index in [-0.39, 0.29) is 5.95 Å². The summed E-state index contributed by atoms with van der Waals surface area (Å²) in [5, 5.41) is 8.92. The van der Waals surface area contributed by atoms with E-state index in [1.165, 1.54) is 35.6 Å². The van der Waals surface area contributed by atoms with Gasteiger partial charge in [0.2, 0.25) is 4.96 Å². The monoisotopic (exact) mass is 368 g/mol. The Labute approximate surface area is 151 Å². The second-order valence-electron chi connectivity index (χ2n) is 5.41. The predicted molar refractivity (Wildman–Crippen MR) is 97.2 cm³/mol. The zero-order chi connectivity index (χ0) is 18.1. The van der Waals surface area contributed by atoms with Gasteiger partial charge >= 0.3 is 0 Å². The molecule has 0 radical (unpaired) electrons. The van der Waals surface area contributed by atoms with Gasteiger partial charge in [0.25, 0.3) is 11.9 Å². The zero-order valence-electron chi connectivity index (χ0n) is 13.6. The molecular formula is C18H13FN4O2S. The Hall–Kier alpha value is -3.26. The van der Waals surface area contributed by atoms with Gasteiger partial charge in [-0.25, -0.2) is 8.91 Å². The van der Waals surface area contributed by atoms with Crippen molar-refractivity contribution in [2.75, 3.05) is 12.4 Å². The standard InChI is InChI=1S/C18H13FN4O2S/c1-25-15-5-3-2-4-13(15)14-10-26-18-21-17(22-23(14)18)20-16(24)11-6-8-12(19)9-7-11/h2-10H,1H3,(H,20,22,24). The van der Waals surface area contributed by atoms with Gasteiger partial charge in [-0.05, 0) is 36.4 Å². The Morgan fingerprint density at radius 1 is 1.19 bits per heavy atom. The highest BCUT2D eigenvalue weighted by molar-refractivity contribution is 7.15. The van der Waals surface area contributed by atoms with Crippen LogP contribution in [0, 0.1) is 5.82 Å². The van der Waals surface area contributed by atoms with E-state index in [0.29, 0.717) is 10.5 Å². The molecule has 4 rings (SSSR count). The number of para-hydroxylation sites is 1. The fourth-order valence-electron chi connectivity index (χ4n) is 2.55. The van der Waals surface area contributed by atoms with Crippen LogP contribution < -0.4 is 10.1 Å². The number of aromatic nitrogens is 3. The molecule has 0 fully saturated rings. The number of rotatable bonds is 4. The summed E-state index contributed by atoms with van der Waals surface area (Å²) in [7, 11) is 1.61. The van der Waals surface area contributed by atoms with E-state index in [0.717, 1.165) is 17.0 Å².